The minimum atomic E-state index is 0.122. The van der Waals surface area contributed by atoms with E-state index in [-0.39, 0.29) is 5.91 Å². The number of carbonyl (C=O) groups excluding carboxylic acids is 1. The zero-order chi connectivity index (χ0) is 13.1. The number of likely N-dealkylation sites (N-methyl/N-ethyl adjacent to an activating group) is 1. The number of nitrogens with one attached hydrogen (secondary N) is 1. The number of aromatic nitrogens is 1. The molecule has 3 nitrogen and oxygen atoms in total. The van der Waals surface area contributed by atoms with Crippen LogP contribution >= 0.6 is 34.9 Å². The molecular weight excluding hydrogens is 284 g/mol. The molecule has 0 aliphatic heterocycles. The third kappa shape index (κ3) is 3.28. The van der Waals surface area contributed by atoms with Gasteiger partial charge in [0.2, 0.25) is 5.91 Å². The SMILES string of the molecule is Cc1[nH]c(=S)sc1CC(=O)N(C)Cc1cccs1. The Morgan fingerprint density at radius 2 is 2.33 bits per heavy atom. The van der Waals surface area contributed by atoms with E-state index >= 15 is 0 Å². The number of rotatable bonds is 4. The maximum Gasteiger partial charge on any atom is 0.227 e. The molecule has 0 aliphatic carbocycles. The summed E-state index contributed by atoms with van der Waals surface area (Å²) in [6.07, 6.45) is 0.422. The second kappa shape index (κ2) is 5.77. The first kappa shape index (κ1) is 13.5. The van der Waals surface area contributed by atoms with E-state index < -0.39 is 0 Å². The Morgan fingerprint density at radius 3 is 2.89 bits per heavy atom. The number of amides is 1. The van der Waals surface area contributed by atoms with Gasteiger partial charge in [0.1, 0.15) is 0 Å². The summed E-state index contributed by atoms with van der Waals surface area (Å²) in [5.41, 5.74) is 1.00. The summed E-state index contributed by atoms with van der Waals surface area (Å²) >= 11 is 8.22. The summed E-state index contributed by atoms with van der Waals surface area (Å²) in [6.45, 7) is 2.62. The van der Waals surface area contributed by atoms with Gasteiger partial charge in [-0.25, -0.2) is 0 Å². The van der Waals surface area contributed by atoms with Crippen molar-refractivity contribution in [2.24, 2.45) is 0 Å². The van der Waals surface area contributed by atoms with E-state index in [2.05, 4.69) is 4.98 Å². The minimum absolute atomic E-state index is 0.122. The molecule has 0 saturated carbocycles. The standard InChI is InChI=1S/C12H14N2OS3/c1-8-10(18-12(16)13-8)6-11(15)14(2)7-9-4-3-5-17-9/h3-5H,6-7H2,1-2H3,(H,13,16). The Bertz CT molecular complexity index is 583. The molecule has 0 aliphatic rings. The third-order valence-electron chi connectivity index (χ3n) is 2.63. The predicted octanol–water partition coefficient (Wildman–Crippen LogP) is 3.38. The molecule has 0 saturated heterocycles. The maximum atomic E-state index is 12.1. The summed E-state index contributed by atoms with van der Waals surface area (Å²) in [5, 5.41) is 2.02. The van der Waals surface area contributed by atoms with Gasteiger partial charge in [0.15, 0.2) is 3.95 Å². The van der Waals surface area contributed by atoms with E-state index in [0.717, 1.165) is 14.5 Å². The van der Waals surface area contributed by atoms with Crippen LogP contribution < -0.4 is 0 Å². The molecule has 18 heavy (non-hydrogen) atoms. The van der Waals surface area contributed by atoms with Gasteiger partial charge >= 0.3 is 0 Å². The lowest BCUT2D eigenvalue weighted by molar-refractivity contribution is -0.129. The molecule has 0 aromatic carbocycles. The molecule has 0 spiro atoms. The number of carbonyl (C=O) groups is 1. The van der Waals surface area contributed by atoms with Crippen LogP contribution in [-0.2, 0) is 17.8 Å². The molecular formula is C12H14N2OS3. The molecule has 6 heteroatoms. The second-order valence-electron chi connectivity index (χ2n) is 4.07. The van der Waals surface area contributed by atoms with Gasteiger partial charge in [-0.05, 0) is 30.6 Å². The predicted molar refractivity (Wildman–Crippen MR) is 78.7 cm³/mol. The smallest absolute Gasteiger partial charge is 0.227 e. The fourth-order valence-corrected chi connectivity index (χ4v) is 3.64. The number of nitrogens with zero attached hydrogens (tertiary/aromatic N) is 1. The Morgan fingerprint density at radius 1 is 1.56 bits per heavy atom. The van der Waals surface area contributed by atoms with Crippen LogP contribution in [0.15, 0.2) is 17.5 Å². The van der Waals surface area contributed by atoms with Crippen molar-refractivity contribution in [3.8, 4) is 0 Å². The van der Waals surface area contributed by atoms with Gasteiger partial charge in [-0.15, -0.1) is 22.7 Å². The first-order valence-electron chi connectivity index (χ1n) is 5.51. The monoisotopic (exact) mass is 298 g/mol. The van der Waals surface area contributed by atoms with Crippen LogP contribution in [0.4, 0.5) is 0 Å². The van der Waals surface area contributed by atoms with Gasteiger partial charge in [0, 0.05) is 22.5 Å². The Kier molecular flexibility index (Phi) is 4.31. The lowest BCUT2D eigenvalue weighted by atomic mass is 10.2. The van der Waals surface area contributed by atoms with Crippen molar-refractivity contribution in [2.75, 3.05) is 7.05 Å². The van der Waals surface area contributed by atoms with Crippen molar-refractivity contribution >= 4 is 40.8 Å². The van der Waals surface area contributed by atoms with Gasteiger partial charge < -0.3 is 9.88 Å². The van der Waals surface area contributed by atoms with E-state index in [4.69, 9.17) is 12.2 Å². The highest BCUT2D eigenvalue weighted by molar-refractivity contribution is 7.73. The van der Waals surface area contributed by atoms with Gasteiger partial charge in [0.05, 0.1) is 13.0 Å². The van der Waals surface area contributed by atoms with Crippen LogP contribution in [-0.4, -0.2) is 22.8 Å². The molecule has 2 aromatic rings. The Hall–Kier alpha value is -0.980. The molecule has 2 heterocycles. The zero-order valence-corrected chi connectivity index (χ0v) is 12.7. The quantitative estimate of drug-likeness (QED) is 0.879. The molecule has 1 N–H and O–H groups in total. The highest BCUT2D eigenvalue weighted by Gasteiger charge is 2.13. The van der Waals surface area contributed by atoms with Crippen LogP contribution in [0, 0.1) is 10.9 Å². The highest BCUT2D eigenvalue weighted by Crippen LogP contribution is 2.17. The van der Waals surface area contributed by atoms with Crippen LogP contribution in [0.5, 0.6) is 0 Å². The van der Waals surface area contributed by atoms with Gasteiger partial charge in [-0.2, -0.15) is 0 Å². The van der Waals surface area contributed by atoms with Crippen LogP contribution in [0.2, 0.25) is 0 Å². The van der Waals surface area contributed by atoms with Crippen molar-refractivity contribution in [3.05, 3.63) is 36.9 Å². The molecule has 0 unspecified atom stereocenters. The number of H-pyrrole nitrogens is 1. The molecule has 96 valence electrons. The maximum absolute atomic E-state index is 12.1. The summed E-state index contributed by atoms with van der Waals surface area (Å²) in [4.78, 5) is 19.1. The van der Waals surface area contributed by atoms with Crippen LogP contribution in [0.1, 0.15) is 15.4 Å². The zero-order valence-electron chi connectivity index (χ0n) is 10.2. The molecule has 0 atom stereocenters. The number of thiazole rings is 1. The number of aromatic amines is 1. The average molecular weight is 298 g/mol. The minimum Gasteiger partial charge on any atom is -0.341 e. The first-order chi connectivity index (χ1) is 8.56. The Labute approximate surface area is 119 Å². The van der Waals surface area contributed by atoms with Crippen molar-refractivity contribution in [1.29, 1.82) is 0 Å². The van der Waals surface area contributed by atoms with Gasteiger partial charge in [-0.3, -0.25) is 4.79 Å². The van der Waals surface area contributed by atoms with Crippen LogP contribution in [0.3, 0.4) is 0 Å². The normalized spacial score (nSPS) is 10.6. The number of aryl methyl sites for hydroxylation is 1. The van der Waals surface area contributed by atoms with Crippen molar-refractivity contribution in [1.82, 2.24) is 9.88 Å². The largest absolute Gasteiger partial charge is 0.341 e. The molecule has 2 aromatic heterocycles. The van der Waals surface area contributed by atoms with Crippen molar-refractivity contribution in [3.63, 3.8) is 0 Å². The molecule has 0 bridgehead atoms. The van der Waals surface area contributed by atoms with E-state index in [1.54, 1.807) is 16.2 Å². The van der Waals surface area contributed by atoms with E-state index in [9.17, 15) is 4.79 Å². The molecule has 2 rings (SSSR count). The molecule has 1 amide bonds. The lowest BCUT2D eigenvalue weighted by Crippen LogP contribution is -2.27. The van der Waals surface area contributed by atoms with Crippen molar-refractivity contribution < 1.29 is 4.79 Å². The van der Waals surface area contributed by atoms with Crippen molar-refractivity contribution in [2.45, 2.75) is 19.9 Å². The summed E-state index contributed by atoms with van der Waals surface area (Å²) in [6, 6.07) is 4.04. The first-order valence-corrected chi connectivity index (χ1v) is 7.61. The van der Waals surface area contributed by atoms with Crippen LogP contribution in [0.25, 0.3) is 0 Å². The van der Waals surface area contributed by atoms with Gasteiger partial charge in [-0.1, -0.05) is 6.07 Å². The second-order valence-corrected chi connectivity index (χ2v) is 6.87. The van der Waals surface area contributed by atoms with E-state index in [0.29, 0.717) is 13.0 Å². The lowest BCUT2D eigenvalue weighted by Gasteiger charge is -2.15. The van der Waals surface area contributed by atoms with Gasteiger partial charge in [0.25, 0.3) is 0 Å². The van der Waals surface area contributed by atoms with E-state index in [1.165, 1.54) is 16.2 Å². The fourth-order valence-electron chi connectivity index (χ4n) is 1.60. The summed E-state index contributed by atoms with van der Waals surface area (Å²) in [7, 11) is 1.84. The topological polar surface area (TPSA) is 36.1 Å². The summed E-state index contributed by atoms with van der Waals surface area (Å²) in [5.74, 6) is 0.122. The fraction of sp³-hybridized carbons (Fsp3) is 0.333. The summed E-state index contributed by atoms with van der Waals surface area (Å²) < 4.78 is 0.733. The highest BCUT2D eigenvalue weighted by atomic mass is 32.1. The number of thiophene rings is 1. The molecule has 0 radical (unpaired) electrons. The van der Waals surface area contributed by atoms with E-state index in [1.807, 2.05) is 31.5 Å². The number of hydrogen-bond donors (Lipinski definition) is 1. The number of hydrogen-bond acceptors (Lipinski definition) is 4. The Balaban J connectivity index is 1.99. The average Bonchev–Trinajstić information content (AvgIpc) is 2.89. The third-order valence-corrected chi connectivity index (χ3v) is 4.83. The molecule has 0 fully saturated rings.